The first-order valence-corrected chi connectivity index (χ1v) is 10.3. The van der Waals surface area contributed by atoms with Gasteiger partial charge in [0.2, 0.25) is 5.89 Å². The average Bonchev–Trinajstić information content (AvgIpc) is 3.44. The highest BCUT2D eigenvalue weighted by Crippen LogP contribution is 2.28. The molecule has 0 saturated heterocycles. The van der Waals surface area contributed by atoms with Crippen LogP contribution >= 0.6 is 0 Å². The van der Waals surface area contributed by atoms with Gasteiger partial charge in [-0.15, -0.1) is 0 Å². The van der Waals surface area contributed by atoms with Crippen LogP contribution in [0.4, 0.5) is 4.39 Å². The third kappa shape index (κ3) is 3.80. The van der Waals surface area contributed by atoms with Gasteiger partial charge in [0.15, 0.2) is 0 Å². The number of hydrogen-bond acceptors (Lipinski definition) is 5. The van der Waals surface area contributed by atoms with Gasteiger partial charge in [-0.25, -0.2) is 14.1 Å². The van der Waals surface area contributed by atoms with Gasteiger partial charge < -0.3 is 14.1 Å². The SMILES string of the molecule is COCc1nc2c(o1)CCN(C(=O)c1cn(-c3ccccc3)nc1-c1ccc(F)cc1)C2. The van der Waals surface area contributed by atoms with Crippen LogP contribution in [0.2, 0.25) is 0 Å². The molecule has 0 unspecified atom stereocenters. The summed E-state index contributed by atoms with van der Waals surface area (Å²) in [5, 5.41) is 4.67. The van der Waals surface area contributed by atoms with Crippen molar-refractivity contribution in [1.29, 1.82) is 0 Å². The Bertz CT molecular complexity index is 1250. The second-order valence-electron chi connectivity index (χ2n) is 7.57. The Kier molecular flexibility index (Phi) is 5.28. The summed E-state index contributed by atoms with van der Waals surface area (Å²) in [6.45, 7) is 1.15. The third-order valence-corrected chi connectivity index (χ3v) is 5.41. The molecule has 7 nitrogen and oxygen atoms in total. The largest absolute Gasteiger partial charge is 0.443 e. The highest BCUT2D eigenvalue weighted by molar-refractivity contribution is 6.00. The Morgan fingerprint density at radius 1 is 1.16 bits per heavy atom. The van der Waals surface area contributed by atoms with Crippen molar-refractivity contribution < 1.29 is 18.3 Å². The topological polar surface area (TPSA) is 73.4 Å². The first kappa shape index (κ1) is 20.1. The summed E-state index contributed by atoms with van der Waals surface area (Å²) < 4.78 is 26.0. The second kappa shape index (κ2) is 8.39. The minimum Gasteiger partial charge on any atom is -0.443 e. The maximum absolute atomic E-state index is 13.6. The molecule has 0 N–H and O–H groups in total. The number of nitrogens with zero attached hydrogens (tertiary/aromatic N) is 4. The summed E-state index contributed by atoms with van der Waals surface area (Å²) in [6, 6.07) is 15.6. The van der Waals surface area contributed by atoms with Crippen LogP contribution in [0.1, 0.15) is 27.7 Å². The van der Waals surface area contributed by atoms with Crippen molar-refractivity contribution in [3.05, 3.63) is 89.5 Å². The van der Waals surface area contributed by atoms with E-state index in [0.717, 1.165) is 17.1 Å². The van der Waals surface area contributed by atoms with E-state index >= 15 is 0 Å². The van der Waals surface area contributed by atoms with Crippen LogP contribution in [0.5, 0.6) is 0 Å². The number of carbonyl (C=O) groups excluding carboxylic acids is 1. The molecule has 0 atom stereocenters. The molecule has 8 heteroatoms. The lowest BCUT2D eigenvalue weighted by molar-refractivity contribution is 0.0728. The zero-order chi connectivity index (χ0) is 22.1. The molecular formula is C24H21FN4O3. The fourth-order valence-electron chi connectivity index (χ4n) is 3.85. The summed E-state index contributed by atoms with van der Waals surface area (Å²) >= 11 is 0. The molecule has 1 aliphatic heterocycles. The Balaban J connectivity index is 1.50. The normalized spacial score (nSPS) is 13.2. The van der Waals surface area contributed by atoms with E-state index in [1.807, 2.05) is 30.3 Å². The number of methoxy groups -OCH3 is 1. The number of rotatable bonds is 5. The second-order valence-corrected chi connectivity index (χ2v) is 7.57. The van der Waals surface area contributed by atoms with Gasteiger partial charge in [-0.2, -0.15) is 5.10 Å². The van der Waals surface area contributed by atoms with Crippen molar-refractivity contribution in [1.82, 2.24) is 19.7 Å². The number of oxazole rings is 1. The first-order chi connectivity index (χ1) is 15.6. The lowest BCUT2D eigenvalue weighted by atomic mass is 10.1. The van der Waals surface area contributed by atoms with Gasteiger partial charge in [-0.3, -0.25) is 4.79 Å². The summed E-state index contributed by atoms with van der Waals surface area (Å²) in [7, 11) is 1.58. The zero-order valence-electron chi connectivity index (χ0n) is 17.5. The summed E-state index contributed by atoms with van der Waals surface area (Å²) in [6.07, 6.45) is 2.31. The smallest absolute Gasteiger partial charge is 0.258 e. The number of ether oxygens (including phenoxy) is 1. The predicted molar refractivity (Wildman–Crippen MR) is 115 cm³/mol. The van der Waals surface area contributed by atoms with Crippen LogP contribution in [-0.2, 0) is 24.3 Å². The number of carbonyl (C=O) groups is 1. The van der Waals surface area contributed by atoms with Gasteiger partial charge >= 0.3 is 0 Å². The molecule has 0 spiro atoms. The first-order valence-electron chi connectivity index (χ1n) is 10.3. The third-order valence-electron chi connectivity index (χ3n) is 5.41. The lowest BCUT2D eigenvalue weighted by Crippen LogP contribution is -2.35. The molecule has 32 heavy (non-hydrogen) atoms. The van der Waals surface area contributed by atoms with E-state index in [4.69, 9.17) is 9.15 Å². The van der Waals surface area contributed by atoms with E-state index in [2.05, 4.69) is 10.1 Å². The number of fused-ring (bicyclic) bond motifs is 1. The Morgan fingerprint density at radius 2 is 1.94 bits per heavy atom. The van der Waals surface area contributed by atoms with Crippen molar-refractivity contribution in [2.45, 2.75) is 19.6 Å². The molecule has 0 saturated carbocycles. The molecule has 5 rings (SSSR count). The molecule has 3 heterocycles. The molecule has 0 aliphatic carbocycles. The summed E-state index contributed by atoms with van der Waals surface area (Å²) in [4.78, 5) is 19.8. The van der Waals surface area contributed by atoms with Crippen LogP contribution < -0.4 is 0 Å². The fourth-order valence-corrected chi connectivity index (χ4v) is 3.85. The highest BCUT2D eigenvalue weighted by Gasteiger charge is 2.29. The van der Waals surface area contributed by atoms with Crippen molar-refractivity contribution in [2.24, 2.45) is 0 Å². The summed E-state index contributed by atoms with van der Waals surface area (Å²) in [5.41, 5.74) is 3.20. The van der Waals surface area contributed by atoms with Gasteiger partial charge in [0.1, 0.15) is 29.6 Å². The van der Waals surface area contributed by atoms with Crippen LogP contribution in [0, 0.1) is 5.82 Å². The molecule has 1 aliphatic rings. The zero-order valence-corrected chi connectivity index (χ0v) is 17.5. The van der Waals surface area contributed by atoms with E-state index in [1.54, 1.807) is 35.0 Å². The number of hydrogen-bond donors (Lipinski definition) is 0. The van der Waals surface area contributed by atoms with E-state index in [-0.39, 0.29) is 11.7 Å². The van der Waals surface area contributed by atoms with Crippen LogP contribution in [0.15, 0.2) is 65.2 Å². The lowest BCUT2D eigenvalue weighted by Gasteiger charge is -2.25. The number of benzene rings is 2. The van der Waals surface area contributed by atoms with Gasteiger partial charge in [-0.05, 0) is 36.4 Å². The standard InChI is InChI=1S/C24H21FN4O3/c1-31-15-22-26-20-14-28(12-11-21(20)32-22)24(30)19-13-29(18-5-3-2-4-6-18)27-23(19)16-7-9-17(25)10-8-16/h2-10,13H,11-12,14-15H2,1H3. The molecule has 2 aromatic heterocycles. The Morgan fingerprint density at radius 3 is 2.69 bits per heavy atom. The minimum absolute atomic E-state index is 0.159. The van der Waals surface area contributed by atoms with Crippen LogP contribution in [-0.4, -0.2) is 39.2 Å². The Labute approximate surface area is 184 Å². The van der Waals surface area contributed by atoms with Gasteiger partial charge in [0, 0.05) is 31.8 Å². The monoisotopic (exact) mass is 432 g/mol. The number of aromatic nitrogens is 3. The highest BCUT2D eigenvalue weighted by atomic mass is 19.1. The molecule has 162 valence electrons. The van der Waals surface area contributed by atoms with Crippen LogP contribution in [0.25, 0.3) is 16.9 Å². The van der Waals surface area contributed by atoms with Gasteiger partial charge in [0.05, 0.1) is 17.8 Å². The Hall–Kier alpha value is -3.78. The van der Waals surface area contributed by atoms with Crippen LogP contribution in [0.3, 0.4) is 0 Å². The molecule has 0 fully saturated rings. The van der Waals surface area contributed by atoms with E-state index in [0.29, 0.717) is 48.8 Å². The van der Waals surface area contributed by atoms with E-state index < -0.39 is 0 Å². The molecular weight excluding hydrogens is 411 g/mol. The van der Waals surface area contributed by atoms with Gasteiger partial charge in [-0.1, -0.05) is 18.2 Å². The molecule has 2 aromatic carbocycles. The maximum atomic E-state index is 13.6. The number of amides is 1. The summed E-state index contributed by atoms with van der Waals surface area (Å²) in [5.74, 6) is 0.801. The van der Waals surface area contributed by atoms with Crippen molar-refractivity contribution in [3.8, 4) is 16.9 Å². The van der Waals surface area contributed by atoms with Crippen molar-refractivity contribution >= 4 is 5.91 Å². The van der Waals surface area contributed by atoms with E-state index in [1.165, 1.54) is 12.1 Å². The number of halogens is 1. The van der Waals surface area contributed by atoms with Gasteiger partial charge in [0.25, 0.3) is 5.91 Å². The molecule has 0 radical (unpaired) electrons. The van der Waals surface area contributed by atoms with E-state index in [9.17, 15) is 9.18 Å². The fraction of sp³-hybridized carbons (Fsp3) is 0.208. The number of para-hydroxylation sites is 1. The quantitative estimate of drug-likeness (QED) is 0.476. The maximum Gasteiger partial charge on any atom is 0.258 e. The molecule has 1 amide bonds. The molecule has 0 bridgehead atoms. The minimum atomic E-state index is -0.342. The van der Waals surface area contributed by atoms with Crippen molar-refractivity contribution in [2.75, 3.05) is 13.7 Å². The van der Waals surface area contributed by atoms with Crippen molar-refractivity contribution in [3.63, 3.8) is 0 Å². The average molecular weight is 432 g/mol. The molecule has 4 aromatic rings. The predicted octanol–water partition coefficient (Wildman–Crippen LogP) is 4.01.